The summed E-state index contributed by atoms with van der Waals surface area (Å²) in [7, 11) is 8.32. The van der Waals surface area contributed by atoms with Gasteiger partial charge in [0, 0.05) is 57.0 Å². The molecule has 4 rings (SSSR count). The predicted molar refractivity (Wildman–Crippen MR) is 137 cm³/mol. The summed E-state index contributed by atoms with van der Waals surface area (Å²) in [5, 5.41) is 1.27. The Morgan fingerprint density at radius 1 is 0.970 bits per heavy atom. The topological polar surface area (TPSA) is 47.9 Å². The number of hydrogen-bond donors (Lipinski definition) is 0. The van der Waals surface area contributed by atoms with E-state index in [0.717, 1.165) is 62.0 Å². The van der Waals surface area contributed by atoms with Gasteiger partial charge in [-0.05, 0) is 63.6 Å². The van der Waals surface area contributed by atoms with Crippen LogP contribution in [-0.4, -0.2) is 91.7 Å². The monoisotopic (exact) mass is 468 g/mol. The molecule has 2 aromatic carbocycles. The summed E-state index contributed by atoms with van der Waals surface area (Å²) >= 11 is 6.13. The van der Waals surface area contributed by atoms with E-state index in [1.165, 1.54) is 0 Å². The molecule has 0 N–H and O–H groups in total. The maximum atomic E-state index is 13.8. The first-order chi connectivity index (χ1) is 15.8. The molecule has 1 aliphatic heterocycles. The minimum absolute atomic E-state index is 0.0469. The van der Waals surface area contributed by atoms with Crippen LogP contribution in [0.5, 0.6) is 0 Å². The van der Waals surface area contributed by atoms with Crippen LogP contribution in [-0.2, 0) is 6.54 Å². The van der Waals surface area contributed by atoms with Crippen molar-refractivity contribution in [3.05, 3.63) is 63.7 Å². The minimum atomic E-state index is -0.0469. The third-order valence-electron chi connectivity index (χ3n) is 6.29. The fourth-order valence-corrected chi connectivity index (χ4v) is 4.23. The number of benzene rings is 2. The molecule has 8 heteroatoms. The van der Waals surface area contributed by atoms with Crippen LogP contribution in [0.4, 0.5) is 5.69 Å². The zero-order valence-corrected chi connectivity index (χ0v) is 20.7. The Morgan fingerprint density at radius 3 is 2.33 bits per heavy atom. The molecule has 0 spiro atoms. The minimum Gasteiger partial charge on any atom is -0.373 e. The highest BCUT2D eigenvalue weighted by Crippen LogP contribution is 2.21. The number of nitrogens with zero attached hydrogens (tertiary/aromatic N) is 6. The molecule has 1 aliphatic rings. The van der Waals surface area contributed by atoms with Crippen molar-refractivity contribution in [1.82, 2.24) is 24.3 Å². The number of piperazine rings is 1. The molecule has 0 atom stereocenters. The van der Waals surface area contributed by atoms with E-state index in [9.17, 15) is 4.79 Å². The van der Waals surface area contributed by atoms with Crippen molar-refractivity contribution >= 4 is 28.2 Å². The number of aromatic nitrogens is 2. The molecule has 1 saturated heterocycles. The van der Waals surface area contributed by atoms with E-state index < -0.39 is 0 Å². The van der Waals surface area contributed by atoms with E-state index in [1.54, 1.807) is 4.57 Å². The fourth-order valence-electron chi connectivity index (χ4n) is 4.10. The van der Waals surface area contributed by atoms with Crippen molar-refractivity contribution in [1.29, 1.82) is 0 Å². The van der Waals surface area contributed by atoms with Gasteiger partial charge in [0.2, 0.25) is 0 Å². The summed E-state index contributed by atoms with van der Waals surface area (Å²) in [6.07, 6.45) is 0. The molecule has 7 nitrogen and oxygen atoms in total. The number of likely N-dealkylation sites (N-methyl/N-ethyl adjacent to an activating group) is 3. The van der Waals surface area contributed by atoms with Crippen molar-refractivity contribution in [2.24, 2.45) is 0 Å². The van der Waals surface area contributed by atoms with E-state index in [2.05, 4.69) is 53.9 Å². The highest BCUT2D eigenvalue weighted by atomic mass is 35.5. The summed E-state index contributed by atoms with van der Waals surface area (Å²) in [6, 6.07) is 13.4. The lowest BCUT2D eigenvalue weighted by Gasteiger charge is -2.32. The number of rotatable bonds is 7. The quantitative estimate of drug-likeness (QED) is 0.531. The standard InChI is InChI=1S/C25H33ClN6O/c1-28(2)11-14-30(4)21-9-10-23-22(17-21)25(33)32(20-7-5-19(26)6-8-20)24(27-23)18-31-15-12-29(3)13-16-31/h5-10,17H,11-16,18H2,1-4H3. The Hall–Kier alpha value is -2.45. The molecular formula is C25H33ClN6O. The molecule has 1 aromatic heterocycles. The molecule has 0 unspecified atom stereocenters. The molecule has 176 valence electrons. The van der Waals surface area contributed by atoms with Gasteiger partial charge in [0.25, 0.3) is 5.56 Å². The number of anilines is 1. The van der Waals surface area contributed by atoms with Crippen molar-refractivity contribution in [2.45, 2.75) is 6.54 Å². The first kappa shape index (κ1) is 23.7. The van der Waals surface area contributed by atoms with E-state index in [-0.39, 0.29) is 5.56 Å². The van der Waals surface area contributed by atoms with Gasteiger partial charge in [0.1, 0.15) is 5.82 Å². The molecule has 0 amide bonds. The third kappa shape index (κ3) is 5.55. The average molecular weight is 469 g/mol. The summed E-state index contributed by atoms with van der Waals surface area (Å²) < 4.78 is 1.75. The Balaban J connectivity index is 1.77. The van der Waals surface area contributed by atoms with E-state index in [1.807, 2.05) is 36.4 Å². The summed E-state index contributed by atoms with van der Waals surface area (Å²) in [5.41, 5.74) is 2.49. The van der Waals surface area contributed by atoms with Gasteiger partial charge in [0.15, 0.2) is 0 Å². The Bertz CT molecular complexity index is 1150. The summed E-state index contributed by atoms with van der Waals surface area (Å²) in [6.45, 7) is 6.39. The molecule has 0 saturated carbocycles. The lowest BCUT2D eigenvalue weighted by Crippen LogP contribution is -2.44. The van der Waals surface area contributed by atoms with Gasteiger partial charge in [-0.2, -0.15) is 0 Å². The highest BCUT2D eigenvalue weighted by Gasteiger charge is 2.19. The molecule has 0 bridgehead atoms. The first-order valence-electron chi connectivity index (χ1n) is 11.4. The lowest BCUT2D eigenvalue weighted by atomic mass is 10.2. The van der Waals surface area contributed by atoms with Crippen LogP contribution in [0.3, 0.4) is 0 Å². The molecule has 2 heterocycles. The van der Waals surface area contributed by atoms with Gasteiger partial charge in [-0.25, -0.2) is 4.98 Å². The Labute approximate surface area is 200 Å². The SMILES string of the molecule is CN(C)CCN(C)c1ccc2nc(CN3CCN(C)CC3)n(-c3ccc(Cl)cc3)c(=O)c2c1. The smallest absolute Gasteiger partial charge is 0.266 e. The van der Waals surface area contributed by atoms with Crippen LogP contribution in [0.15, 0.2) is 47.3 Å². The molecule has 33 heavy (non-hydrogen) atoms. The van der Waals surface area contributed by atoms with Gasteiger partial charge >= 0.3 is 0 Å². The fraction of sp³-hybridized carbons (Fsp3) is 0.440. The van der Waals surface area contributed by atoms with Gasteiger partial charge in [-0.1, -0.05) is 11.6 Å². The van der Waals surface area contributed by atoms with Crippen molar-refractivity contribution < 1.29 is 0 Å². The van der Waals surface area contributed by atoms with E-state index in [0.29, 0.717) is 17.0 Å². The van der Waals surface area contributed by atoms with Crippen molar-refractivity contribution in [3.8, 4) is 5.69 Å². The third-order valence-corrected chi connectivity index (χ3v) is 6.54. The van der Waals surface area contributed by atoms with Gasteiger partial charge in [-0.3, -0.25) is 14.3 Å². The number of fused-ring (bicyclic) bond motifs is 1. The zero-order chi connectivity index (χ0) is 23.5. The van der Waals surface area contributed by atoms with Crippen LogP contribution < -0.4 is 10.5 Å². The second-order valence-corrected chi connectivity index (χ2v) is 9.59. The number of hydrogen-bond acceptors (Lipinski definition) is 6. The largest absolute Gasteiger partial charge is 0.373 e. The lowest BCUT2D eigenvalue weighted by molar-refractivity contribution is 0.144. The van der Waals surface area contributed by atoms with Gasteiger partial charge in [0.05, 0.1) is 23.1 Å². The van der Waals surface area contributed by atoms with Crippen molar-refractivity contribution in [3.63, 3.8) is 0 Å². The Kier molecular flexibility index (Phi) is 7.34. The average Bonchev–Trinajstić information content (AvgIpc) is 2.80. The molecule has 0 aliphatic carbocycles. The second-order valence-electron chi connectivity index (χ2n) is 9.15. The van der Waals surface area contributed by atoms with Gasteiger partial charge < -0.3 is 14.7 Å². The maximum Gasteiger partial charge on any atom is 0.266 e. The predicted octanol–water partition coefficient (Wildman–Crippen LogP) is 2.78. The molecule has 1 fully saturated rings. The van der Waals surface area contributed by atoms with Crippen LogP contribution in [0.2, 0.25) is 5.02 Å². The van der Waals surface area contributed by atoms with Crippen LogP contribution >= 0.6 is 11.6 Å². The maximum absolute atomic E-state index is 13.8. The molecule has 3 aromatic rings. The summed E-state index contributed by atoms with van der Waals surface area (Å²) in [4.78, 5) is 27.8. The van der Waals surface area contributed by atoms with E-state index >= 15 is 0 Å². The number of halogens is 1. The molecule has 0 radical (unpaired) electrons. The van der Waals surface area contributed by atoms with Crippen LogP contribution in [0.1, 0.15) is 5.82 Å². The van der Waals surface area contributed by atoms with Gasteiger partial charge in [-0.15, -0.1) is 0 Å². The highest BCUT2D eigenvalue weighted by molar-refractivity contribution is 6.30. The normalized spacial score (nSPS) is 15.5. The second kappa shape index (κ2) is 10.2. The van der Waals surface area contributed by atoms with E-state index in [4.69, 9.17) is 16.6 Å². The molecular weight excluding hydrogens is 436 g/mol. The van der Waals surface area contributed by atoms with Crippen molar-refractivity contribution in [2.75, 3.05) is 72.4 Å². The summed E-state index contributed by atoms with van der Waals surface area (Å²) in [5.74, 6) is 0.757. The Morgan fingerprint density at radius 2 is 1.67 bits per heavy atom. The van der Waals surface area contributed by atoms with Crippen LogP contribution in [0, 0.1) is 0 Å². The van der Waals surface area contributed by atoms with Crippen LogP contribution in [0.25, 0.3) is 16.6 Å². The zero-order valence-electron chi connectivity index (χ0n) is 20.0. The first-order valence-corrected chi connectivity index (χ1v) is 11.8.